The first kappa shape index (κ1) is 18.1. The minimum Gasteiger partial charge on any atom is -0.350 e. The van der Waals surface area contributed by atoms with E-state index in [1.165, 1.54) is 5.56 Å². The van der Waals surface area contributed by atoms with Gasteiger partial charge in [0.05, 0.1) is 12.2 Å². The topological polar surface area (TPSA) is 45.2 Å². The van der Waals surface area contributed by atoms with E-state index >= 15 is 0 Å². The Bertz CT molecular complexity index is 717. The summed E-state index contributed by atoms with van der Waals surface area (Å²) in [5, 5.41) is 6.13. The highest BCUT2D eigenvalue weighted by Gasteiger charge is 2.25. The van der Waals surface area contributed by atoms with E-state index in [-0.39, 0.29) is 11.8 Å². The Hall–Kier alpha value is -1.72. The van der Waals surface area contributed by atoms with Crippen LogP contribution in [0.3, 0.4) is 0 Å². The average Bonchev–Trinajstić information content (AvgIpc) is 3.09. The number of nitrogens with zero attached hydrogens (tertiary/aromatic N) is 2. The van der Waals surface area contributed by atoms with Gasteiger partial charge in [-0.25, -0.2) is 4.98 Å². The third-order valence-electron chi connectivity index (χ3n) is 4.89. The molecule has 0 spiro atoms. The van der Waals surface area contributed by atoms with Crippen molar-refractivity contribution in [2.45, 2.75) is 46.2 Å². The van der Waals surface area contributed by atoms with Crippen LogP contribution in [0.2, 0.25) is 0 Å². The van der Waals surface area contributed by atoms with E-state index < -0.39 is 0 Å². The molecule has 1 aliphatic rings. The van der Waals surface area contributed by atoms with Gasteiger partial charge in [0.25, 0.3) is 0 Å². The Morgan fingerprint density at radius 3 is 2.80 bits per heavy atom. The lowest BCUT2D eigenvalue weighted by molar-refractivity contribution is -0.126. The number of aryl methyl sites for hydroxylation is 1. The standard InChI is InChI=1S/C20H27N3OS/c1-14(2)23-9-7-16(8-10-23)19(24)21-12-18-13-25-20(22-18)17-6-4-5-15(3)11-17/h4-6,11,13-14,16H,7-10,12H2,1-3H3,(H,21,24). The van der Waals surface area contributed by atoms with Gasteiger partial charge in [-0.2, -0.15) is 0 Å². The number of carbonyl (C=O) groups is 1. The maximum Gasteiger partial charge on any atom is 0.223 e. The van der Waals surface area contributed by atoms with E-state index in [2.05, 4.69) is 60.2 Å². The smallest absolute Gasteiger partial charge is 0.223 e. The molecule has 0 unspecified atom stereocenters. The van der Waals surface area contributed by atoms with Crippen molar-refractivity contribution in [2.75, 3.05) is 13.1 Å². The zero-order valence-corrected chi connectivity index (χ0v) is 16.1. The summed E-state index contributed by atoms with van der Waals surface area (Å²) < 4.78 is 0. The van der Waals surface area contributed by atoms with Crippen molar-refractivity contribution in [3.8, 4) is 10.6 Å². The van der Waals surface area contributed by atoms with Gasteiger partial charge in [-0.15, -0.1) is 11.3 Å². The van der Waals surface area contributed by atoms with Crippen molar-refractivity contribution in [1.29, 1.82) is 0 Å². The number of benzene rings is 1. The molecular formula is C20H27N3OS. The van der Waals surface area contributed by atoms with E-state index in [0.29, 0.717) is 12.6 Å². The maximum atomic E-state index is 12.4. The zero-order valence-electron chi connectivity index (χ0n) is 15.3. The number of amides is 1. The molecule has 0 radical (unpaired) electrons. The number of carbonyl (C=O) groups excluding carboxylic acids is 1. The van der Waals surface area contributed by atoms with Crippen LogP contribution in [0.1, 0.15) is 37.9 Å². The highest BCUT2D eigenvalue weighted by atomic mass is 32.1. The quantitative estimate of drug-likeness (QED) is 0.884. The monoisotopic (exact) mass is 357 g/mol. The van der Waals surface area contributed by atoms with Gasteiger partial charge in [0.2, 0.25) is 5.91 Å². The van der Waals surface area contributed by atoms with Gasteiger partial charge in [0.1, 0.15) is 5.01 Å². The summed E-state index contributed by atoms with van der Waals surface area (Å²) in [5.41, 5.74) is 3.31. The summed E-state index contributed by atoms with van der Waals surface area (Å²) in [5.74, 6) is 0.318. The number of hydrogen-bond donors (Lipinski definition) is 1. The summed E-state index contributed by atoms with van der Waals surface area (Å²) >= 11 is 1.63. The first-order chi connectivity index (χ1) is 12.0. The van der Waals surface area contributed by atoms with Gasteiger partial charge in [-0.05, 0) is 52.8 Å². The van der Waals surface area contributed by atoms with Crippen LogP contribution < -0.4 is 5.32 Å². The predicted octanol–water partition coefficient (Wildman–Crippen LogP) is 3.86. The molecule has 134 valence electrons. The van der Waals surface area contributed by atoms with E-state index in [1.807, 2.05) is 5.38 Å². The molecule has 0 saturated carbocycles. The van der Waals surface area contributed by atoms with Crippen molar-refractivity contribution < 1.29 is 4.79 Å². The molecule has 1 aromatic carbocycles. The lowest BCUT2D eigenvalue weighted by Crippen LogP contribution is -2.42. The molecule has 1 aliphatic heterocycles. The number of aromatic nitrogens is 1. The minimum atomic E-state index is 0.143. The van der Waals surface area contributed by atoms with Gasteiger partial charge < -0.3 is 10.2 Å². The van der Waals surface area contributed by atoms with Crippen LogP contribution in [0, 0.1) is 12.8 Å². The van der Waals surface area contributed by atoms with Gasteiger partial charge in [-0.3, -0.25) is 4.79 Å². The van der Waals surface area contributed by atoms with Crippen LogP contribution in [-0.4, -0.2) is 34.9 Å². The molecule has 0 aliphatic carbocycles. The van der Waals surface area contributed by atoms with Crippen LogP contribution in [0.25, 0.3) is 10.6 Å². The lowest BCUT2D eigenvalue weighted by atomic mass is 9.95. The van der Waals surface area contributed by atoms with Crippen LogP contribution >= 0.6 is 11.3 Å². The van der Waals surface area contributed by atoms with E-state index in [0.717, 1.165) is 42.2 Å². The Kier molecular flexibility index (Phi) is 5.86. The fraction of sp³-hybridized carbons (Fsp3) is 0.500. The summed E-state index contributed by atoms with van der Waals surface area (Å²) in [7, 11) is 0. The third kappa shape index (κ3) is 4.67. The van der Waals surface area contributed by atoms with E-state index in [4.69, 9.17) is 0 Å². The van der Waals surface area contributed by atoms with Gasteiger partial charge >= 0.3 is 0 Å². The van der Waals surface area contributed by atoms with E-state index in [9.17, 15) is 4.79 Å². The van der Waals surface area contributed by atoms with Crippen LogP contribution in [0.5, 0.6) is 0 Å². The van der Waals surface area contributed by atoms with Crippen molar-refractivity contribution in [2.24, 2.45) is 5.92 Å². The summed E-state index contributed by atoms with van der Waals surface area (Å²) in [6, 6.07) is 8.93. The highest BCUT2D eigenvalue weighted by molar-refractivity contribution is 7.13. The average molecular weight is 358 g/mol. The number of rotatable bonds is 5. The number of hydrogen-bond acceptors (Lipinski definition) is 4. The van der Waals surface area contributed by atoms with Crippen molar-refractivity contribution in [3.63, 3.8) is 0 Å². The van der Waals surface area contributed by atoms with Crippen LogP contribution in [0.15, 0.2) is 29.6 Å². The summed E-state index contributed by atoms with van der Waals surface area (Å²) in [6.07, 6.45) is 1.91. The minimum absolute atomic E-state index is 0.143. The van der Waals surface area contributed by atoms with Crippen molar-refractivity contribution >= 4 is 17.2 Å². The van der Waals surface area contributed by atoms with Gasteiger partial charge in [0, 0.05) is 22.9 Å². The molecule has 2 aromatic rings. The van der Waals surface area contributed by atoms with Crippen LogP contribution in [0.4, 0.5) is 0 Å². The van der Waals surface area contributed by atoms with Gasteiger partial charge in [-0.1, -0.05) is 23.8 Å². The second-order valence-electron chi connectivity index (χ2n) is 7.14. The Balaban J connectivity index is 1.52. The Labute approximate surface area is 154 Å². The Morgan fingerprint density at radius 2 is 2.12 bits per heavy atom. The molecule has 1 amide bonds. The predicted molar refractivity (Wildman–Crippen MR) is 104 cm³/mol. The molecule has 5 heteroatoms. The fourth-order valence-corrected chi connectivity index (χ4v) is 4.12. The molecule has 1 aromatic heterocycles. The van der Waals surface area contributed by atoms with Crippen molar-refractivity contribution in [3.05, 3.63) is 40.9 Å². The number of piperidine rings is 1. The summed E-state index contributed by atoms with van der Waals surface area (Å²) in [4.78, 5) is 19.5. The molecule has 0 atom stereocenters. The first-order valence-electron chi connectivity index (χ1n) is 9.06. The number of nitrogens with one attached hydrogen (secondary N) is 1. The SMILES string of the molecule is Cc1cccc(-c2nc(CNC(=O)C3CCN(C(C)C)CC3)cs2)c1. The van der Waals surface area contributed by atoms with Crippen molar-refractivity contribution in [1.82, 2.24) is 15.2 Å². The normalized spacial score (nSPS) is 16.3. The first-order valence-corrected chi connectivity index (χ1v) is 9.94. The molecule has 1 fully saturated rings. The molecule has 4 nitrogen and oxygen atoms in total. The fourth-order valence-electron chi connectivity index (χ4n) is 3.30. The third-order valence-corrected chi connectivity index (χ3v) is 5.83. The largest absolute Gasteiger partial charge is 0.350 e. The molecular weight excluding hydrogens is 330 g/mol. The Morgan fingerprint density at radius 1 is 1.36 bits per heavy atom. The second kappa shape index (κ2) is 8.11. The molecule has 2 heterocycles. The zero-order chi connectivity index (χ0) is 17.8. The van der Waals surface area contributed by atoms with E-state index in [1.54, 1.807) is 11.3 Å². The second-order valence-corrected chi connectivity index (χ2v) is 7.99. The maximum absolute atomic E-state index is 12.4. The summed E-state index contributed by atoms with van der Waals surface area (Å²) in [6.45, 7) is 9.07. The van der Waals surface area contributed by atoms with Crippen LogP contribution in [-0.2, 0) is 11.3 Å². The highest BCUT2D eigenvalue weighted by Crippen LogP contribution is 2.24. The lowest BCUT2D eigenvalue weighted by Gasteiger charge is -2.33. The molecule has 0 bridgehead atoms. The molecule has 3 rings (SSSR count). The van der Waals surface area contributed by atoms with Gasteiger partial charge in [0.15, 0.2) is 0 Å². The molecule has 25 heavy (non-hydrogen) atoms. The number of likely N-dealkylation sites (tertiary alicyclic amines) is 1. The molecule has 1 saturated heterocycles. The molecule has 1 N–H and O–H groups in total. The number of thiazole rings is 1.